The van der Waals surface area contributed by atoms with Crippen LogP contribution < -0.4 is 10.2 Å². The summed E-state index contributed by atoms with van der Waals surface area (Å²) in [6.45, 7) is 4.64. The van der Waals surface area contributed by atoms with Gasteiger partial charge in [0.15, 0.2) is 0 Å². The SMILES string of the molecule is Cc1ccc(N2C(=O)C3C4CCCN4C4(C(=O)Nc5ccc(Cl)cc54)C3C2=O)cc1C. The van der Waals surface area contributed by atoms with Crippen molar-refractivity contribution in [3.8, 4) is 0 Å². The van der Waals surface area contributed by atoms with Crippen LogP contribution in [0.1, 0.15) is 29.5 Å². The highest BCUT2D eigenvalue weighted by molar-refractivity contribution is 6.31. The summed E-state index contributed by atoms with van der Waals surface area (Å²) in [5, 5.41) is 3.48. The van der Waals surface area contributed by atoms with Crippen molar-refractivity contribution >= 4 is 40.7 Å². The van der Waals surface area contributed by atoms with Crippen LogP contribution in [0.15, 0.2) is 36.4 Å². The molecule has 3 saturated heterocycles. The first kappa shape index (κ1) is 19.0. The molecule has 2 aromatic carbocycles. The van der Waals surface area contributed by atoms with Crippen LogP contribution in [0, 0.1) is 25.7 Å². The lowest BCUT2D eigenvalue weighted by Crippen LogP contribution is -2.54. The van der Waals surface area contributed by atoms with Crippen LogP contribution >= 0.6 is 11.6 Å². The number of amides is 3. The van der Waals surface area contributed by atoms with E-state index in [0.29, 0.717) is 28.5 Å². The van der Waals surface area contributed by atoms with Crippen molar-refractivity contribution in [2.45, 2.75) is 38.3 Å². The fourth-order valence-corrected chi connectivity index (χ4v) is 6.47. The molecule has 6 nitrogen and oxygen atoms in total. The van der Waals surface area contributed by atoms with Gasteiger partial charge in [-0.05, 0) is 74.7 Å². The third-order valence-electron chi connectivity index (χ3n) is 7.70. The van der Waals surface area contributed by atoms with Crippen LogP contribution in [0.3, 0.4) is 0 Å². The standard InChI is InChI=1S/C24H22ClN3O3/c1-12-5-7-15(10-13(12)2)28-21(29)19-18-4-3-9-27(18)24(20(19)22(28)30)16-11-14(25)6-8-17(16)26-23(24)31/h5-8,10-11,18-20H,3-4,9H2,1-2H3,(H,26,31). The molecule has 158 valence electrons. The minimum absolute atomic E-state index is 0.131. The van der Waals surface area contributed by atoms with Gasteiger partial charge in [0, 0.05) is 22.3 Å². The minimum atomic E-state index is -1.19. The Morgan fingerprint density at radius 3 is 2.61 bits per heavy atom. The summed E-state index contributed by atoms with van der Waals surface area (Å²) in [4.78, 5) is 44.6. The number of carbonyl (C=O) groups is 3. The summed E-state index contributed by atoms with van der Waals surface area (Å²) < 4.78 is 0. The van der Waals surface area contributed by atoms with Gasteiger partial charge in [-0.15, -0.1) is 0 Å². The monoisotopic (exact) mass is 435 g/mol. The van der Waals surface area contributed by atoms with Gasteiger partial charge in [-0.2, -0.15) is 0 Å². The van der Waals surface area contributed by atoms with Crippen molar-refractivity contribution in [1.29, 1.82) is 0 Å². The molecule has 4 unspecified atom stereocenters. The second kappa shape index (κ2) is 6.17. The van der Waals surface area contributed by atoms with Crippen molar-refractivity contribution in [2.24, 2.45) is 11.8 Å². The number of anilines is 2. The van der Waals surface area contributed by atoms with E-state index in [4.69, 9.17) is 11.6 Å². The Morgan fingerprint density at radius 2 is 1.84 bits per heavy atom. The van der Waals surface area contributed by atoms with Gasteiger partial charge in [-0.3, -0.25) is 19.3 Å². The molecular formula is C24H22ClN3O3. The van der Waals surface area contributed by atoms with Crippen molar-refractivity contribution in [3.05, 3.63) is 58.1 Å². The van der Waals surface area contributed by atoms with Crippen molar-refractivity contribution < 1.29 is 14.4 Å². The van der Waals surface area contributed by atoms with E-state index in [-0.39, 0.29) is 23.8 Å². The normalized spacial score (nSPS) is 31.4. The molecule has 4 aliphatic rings. The van der Waals surface area contributed by atoms with Crippen LogP contribution in [0.4, 0.5) is 11.4 Å². The Bertz CT molecular complexity index is 1190. The maximum Gasteiger partial charge on any atom is 0.250 e. The maximum absolute atomic E-state index is 13.9. The van der Waals surface area contributed by atoms with Crippen LogP contribution in [0.25, 0.3) is 0 Å². The molecule has 1 spiro atoms. The molecule has 1 N–H and O–H groups in total. The maximum atomic E-state index is 13.9. The molecule has 3 fully saturated rings. The van der Waals surface area contributed by atoms with Gasteiger partial charge >= 0.3 is 0 Å². The van der Waals surface area contributed by atoms with E-state index >= 15 is 0 Å². The fourth-order valence-electron chi connectivity index (χ4n) is 6.29. The predicted molar refractivity (Wildman–Crippen MR) is 117 cm³/mol. The number of benzene rings is 2. The molecule has 4 aliphatic heterocycles. The Morgan fingerprint density at radius 1 is 1.03 bits per heavy atom. The highest BCUT2D eigenvalue weighted by atomic mass is 35.5. The van der Waals surface area contributed by atoms with Gasteiger partial charge in [0.05, 0.1) is 17.5 Å². The van der Waals surface area contributed by atoms with Crippen LogP contribution in [0.5, 0.6) is 0 Å². The first-order chi connectivity index (χ1) is 14.9. The number of fused-ring (bicyclic) bond motifs is 7. The zero-order valence-electron chi connectivity index (χ0n) is 17.3. The molecule has 0 radical (unpaired) electrons. The topological polar surface area (TPSA) is 69.7 Å². The molecule has 4 heterocycles. The summed E-state index contributed by atoms with van der Waals surface area (Å²) in [7, 11) is 0. The first-order valence-corrected chi connectivity index (χ1v) is 11.1. The Balaban J connectivity index is 1.56. The Hall–Kier alpha value is -2.70. The summed E-state index contributed by atoms with van der Waals surface area (Å²) in [5.41, 5.74) is 2.89. The summed E-state index contributed by atoms with van der Waals surface area (Å²) in [5.74, 6) is -2.02. The van der Waals surface area contributed by atoms with Gasteiger partial charge in [0.2, 0.25) is 17.7 Å². The highest BCUT2D eigenvalue weighted by Gasteiger charge is 2.74. The van der Waals surface area contributed by atoms with E-state index in [9.17, 15) is 14.4 Å². The van der Waals surface area contributed by atoms with Crippen LogP contribution in [0.2, 0.25) is 5.02 Å². The van der Waals surface area contributed by atoms with Crippen LogP contribution in [-0.2, 0) is 19.9 Å². The number of halogens is 1. The van der Waals surface area contributed by atoms with Gasteiger partial charge in [-0.25, -0.2) is 4.90 Å². The number of hydrogen-bond donors (Lipinski definition) is 1. The van der Waals surface area contributed by atoms with Gasteiger partial charge in [-0.1, -0.05) is 17.7 Å². The van der Waals surface area contributed by atoms with E-state index in [2.05, 4.69) is 10.2 Å². The van der Waals surface area contributed by atoms with Gasteiger partial charge in [0.25, 0.3) is 0 Å². The number of carbonyl (C=O) groups excluding carboxylic acids is 3. The molecule has 7 heteroatoms. The van der Waals surface area contributed by atoms with Crippen molar-refractivity contribution in [1.82, 2.24) is 4.90 Å². The zero-order chi connectivity index (χ0) is 21.7. The van der Waals surface area contributed by atoms with Crippen molar-refractivity contribution in [3.63, 3.8) is 0 Å². The number of aryl methyl sites for hydroxylation is 2. The Labute approximate surface area is 185 Å². The predicted octanol–water partition coefficient (Wildman–Crippen LogP) is 3.39. The highest BCUT2D eigenvalue weighted by Crippen LogP contribution is 2.60. The molecule has 0 aromatic heterocycles. The number of hydrogen-bond acceptors (Lipinski definition) is 4. The number of rotatable bonds is 1. The average molecular weight is 436 g/mol. The van der Waals surface area contributed by atoms with E-state index in [1.165, 1.54) is 4.90 Å². The smallest absolute Gasteiger partial charge is 0.250 e. The summed E-state index contributed by atoms with van der Waals surface area (Å²) >= 11 is 6.32. The average Bonchev–Trinajstić information content (AvgIpc) is 3.43. The zero-order valence-corrected chi connectivity index (χ0v) is 18.1. The molecule has 0 saturated carbocycles. The third kappa shape index (κ3) is 2.19. The third-order valence-corrected chi connectivity index (χ3v) is 7.94. The number of nitrogens with zero attached hydrogens (tertiary/aromatic N) is 2. The fraction of sp³-hybridized carbons (Fsp3) is 0.375. The van der Waals surface area contributed by atoms with Gasteiger partial charge in [0.1, 0.15) is 5.54 Å². The Kier molecular flexibility index (Phi) is 3.79. The number of imide groups is 1. The number of nitrogens with one attached hydrogen (secondary N) is 1. The molecule has 3 amide bonds. The lowest BCUT2D eigenvalue weighted by atomic mass is 9.75. The molecular weight excluding hydrogens is 414 g/mol. The lowest BCUT2D eigenvalue weighted by Gasteiger charge is -2.36. The molecule has 6 rings (SSSR count). The summed E-state index contributed by atoms with van der Waals surface area (Å²) in [6.07, 6.45) is 1.69. The minimum Gasteiger partial charge on any atom is -0.324 e. The lowest BCUT2D eigenvalue weighted by molar-refractivity contribution is -0.135. The van der Waals surface area contributed by atoms with Crippen molar-refractivity contribution in [2.75, 3.05) is 16.8 Å². The molecule has 0 bridgehead atoms. The molecule has 0 aliphatic carbocycles. The largest absolute Gasteiger partial charge is 0.324 e. The molecule has 2 aromatic rings. The quantitative estimate of drug-likeness (QED) is 0.697. The van der Waals surface area contributed by atoms with E-state index in [1.807, 2.05) is 32.0 Å². The molecule has 31 heavy (non-hydrogen) atoms. The van der Waals surface area contributed by atoms with E-state index < -0.39 is 17.4 Å². The molecule has 4 atom stereocenters. The van der Waals surface area contributed by atoms with Crippen LogP contribution in [-0.4, -0.2) is 35.2 Å². The summed E-state index contributed by atoms with van der Waals surface area (Å²) in [6, 6.07) is 10.8. The second-order valence-electron chi connectivity index (χ2n) is 9.10. The second-order valence-corrected chi connectivity index (χ2v) is 9.53. The first-order valence-electron chi connectivity index (χ1n) is 10.7. The van der Waals surface area contributed by atoms with E-state index in [1.54, 1.807) is 18.2 Å². The van der Waals surface area contributed by atoms with E-state index in [0.717, 1.165) is 24.0 Å². The van der Waals surface area contributed by atoms with Gasteiger partial charge < -0.3 is 5.32 Å².